The maximum absolute atomic E-state index is 14.4. The number of rotatable bonds is 22. The van der Waals surface area contributed by atoms with Gasteiger partial charge in [0.2, 0.25) is 11.8 Å². The van der Waals surface area contributed by atoms with Gasteiger partial charge in [-0.2, -0.15) is 0 Å². The predicted molar refractivity (Wildman–Crippen MR) is 306 cm³/mol. The van der Waals surface area contributed by atoms with E-state index in [1.807, 2.05) is 32.1 Å². The molecule has 84 heavy (non-hydrogen) atoms. The molecule has 9 atom stereocenters. The molecule has 4 heterocycles. The van der Waals surface area contributed by atoms with Crippen LogP contribution in [0.2, 0.25) is 5.02 Å². The molecular formula is C60H79ClN6O17. The fourth-order valence-electron chi connectivity index (χ4n) is 10.9. The Labute approximate surface area is 493 Å². The smallest absolute Gasteiger partial charge is 0.412 e. The number of primary amides is 1. The van der Waals surface area contributed by atoms with Crippen molar-refractivity contribution in [3.05, 3.63) is 75.8 Å². The normalized spacial score (nSPS) is 25.3. The molecule has 0 radical (unpaired) electrons. The SMILES string of the molecule is COc1cc(NC(=O)O[C@H]2CC(=O)N(C)c3cc(cc(C)c3Cl)C/C(C)=C/C=C/[C@@H](OC)[C@]3(O)CC(=O)O[C@@H](C3)[C@@H](C)[C@@H]3O[C@@]23C)ccc1CC(=O)[C@H](CCCNC(N)=O)NC(=O)[C@@H](CC(=O)CCCCC(=O)ON1C(=O)CCC1=O)C(C)C. The van der Waals surface area contributed by atoms with Crippen LogP contribution >= 0.6 is 11.6 Å². The number of ether oxygens (including phenoxy) is 5. The Bertz CT molecular complexity index is 2900. The second kappa shape index (κ2) is 29.1. The van der Waals surface area contributed by atoms with Crippen molar-refractivity contribution in [1.29, 1.82) is 0 Å². The molecule has 6 rings (SSSR count). The van der Waals surface area contributed by atoms with Crippen molar-refractivity contribution < 1.29 is 81.6 Å². The van der Waals surface area contributed by atoms with Crippen LogP contribution in [0.3, 0.4) is 0 Å². The lowest BCUT2D eigenvalue weighted by atomic mass is 9.78. The van der Waals surface area contributed by atoms with Gasteiger partial charge in [-0.25, -0.2) is 14.4 Å². The van der Waals surface area contributed by atoms with Crippen LogP contribution in [-0.4, -0.2) is 139 Å². The highest BCUT2D eigenvalue weighted by Crippen LogP contribution is 2.50. The first-order valence-electron chi connectivity index (χ1n) is 28.3. The molecule has 0 aromatic heterocycles. The molecule has 3 fully saturated rings. The number of imide groups is 1. The largest absolute Gasteiger partial charge is 0.496 e. The van der Waals surface area contributed by atoms with E-state index in [4.69, 9.17) is 45.9 Å². The summed E-state index contributed by atoms with van der Waals surface area (Å²) in [6.07, 6.45) is 0.665. The third-order valence-electron chi connectivity index (χ3n) is 15.9. The summed E-state index contributed by atoms with van der Waals surface area (Å²) in [6.45, 7) is 10.9. The number of unbranched alkanes of at least 4 members (excludes halogenated alkanes) is 1. The van der Waals surface area contributed by atoms with Gasteiger partial charge in [0, 0.05) is 94.8 Å². The van der Waals surface area contributed by atoms with Crippen LogP contribution in [0.25, 0.3) is 0 Å². The number of aliphatic hydroxyl groups is 1. The number of carbonyl (C=O) groups is 10. The van der Waals surface area contributed by atoms with Crippen LogP contribution in [0.5, 0.6) is 5.75 Å². The van der Waals surface area contributed by atoms with Gasteiger partial charge in [0.25, 0.3) is 11.8 Å². The van der Waals surface area contributed by atoms with E-state index in [1.54, 1.807) is 53.0 Å². The number of benzene rings is 2. The molecule has 2 aromatic rings. The molecule has 0 unspecified atom stereocenters. The maximum atomic E-state index is 14.4. The molecule has 24 heteroatoms. The zero-order valence-electron chi connectivity index (χ0n) is 49.2. The Morgan fingerprint density at radius 2 is 1.67 bits per heavy atom. The second-order valence-electron chi connectivity index (χ2n) is 22.8. The molecule has 0 saturated carbocycles. The Kier molecular flexibility index (Phi) is 22.8. The number of urea groups is 1. The molecule has 23 nitrogen and oxygen atoms in total. The quantitative estimate of drug-likeness (QED) is 0.0370. The first kappa shape index (κ1) is 65.9. The summed E-state index contributed by atoms with van der Waals surface area (Å²) in [5.74, 6) is -5.88. The van der Waals surface area contributed by atoms with Crippen LogP contribution in [-0.2, 0) is 75.0 Å². The number of nitrogens with one attached hydrogen (secondary N) is 3. The van der Waals surface area contributed by atoms with Crippen molar-refractivity contribution in [2.24, 2.45) is 23.5 Å². The lowest BCUT2D eigenvalue weighted by molar-refractivity contribution is -0.197. The van der Waals surface area contributed by atoms with Gasteiger partial charge in [-0.1, -0.05) is 68.3 Å². The molecule has 2 aromatic carbocycles. The molecule has 4 aliphatic rings. The van der Waals surface area contributed by atoms with Crippen LogP contribution in [0.4, 0.5) is 21.0 Å². The van der Waals surface area contributed by atoms with E-state index in [0.717, 1.165) is 16.7 Å². The summed E-state index contributed by atoms with van der Waals surface area (Å²) in [5, 5.41) is 20.8. The van der Waals surface area contributed by atoms with E-state index in [-0.39, 0.29) is 113 Å². The molecule has 458 valence electrons. The van der Waals surface area contributed by atoms with E-state index in [0.29, 0.717) is 27.8 Å². The molecule has 4 bridgehead atoms. The molecule has 6 N–H and O–H groups in total. The number of esters is 1. The third kappa shape index (κ3) is 17.2. The molecular weight excluding hydrogens is 1110 g/mol. The Balaban J connectivity index is 1.16. The summed E-state index contributed by atoms with van der Waals surface area (Å²) in [4.78, 5) is 137. The van der Waals surface area contributed by atoms with Crippen molar-refractivity contribution in [2.75, 3.05) is 38.0 Å². The van der Waals surface area contributed by atoms with Crippen LogP contribution < -0.4 is 31.3 Å². The summed E-state index contributed by atoms with van der Waals surface area (Å²) in [7, 11) is 4.39. The van der Waals surface area contributed by atoms with E-state index in [1.165, 1.54) is 31.3 Å². The predicted octanol–water partition coefficient (Wildman–Crippen LogP) is 6.38. The number of hydrogen-bond donors (Lipinski definition) is 5. The molecule has 3 saturated heterocycles. The first-order chi connectivity index (χ1) is 39.7. The van der Waals surface area contributed by atoms with Crippen LogP contribution in [0.15, 0.2) is 54.1 Å². The highest BCUT2D eigenvalue weighted by Gasteiger charge is 2.64. The summed E-state index contributed by atoms with van der Waals surface area (Å²) >= 11 is 6.86. The Morgan fingerprint density at radius 1 is 0.964 bits per heavy atom. The maximum Gasteiger partial charge on any atom is 0.412 e. The molecule has 0 aliphatic carbocycles. The van der Waals surface area contributed by atoms with Gasteiger partial charge in [0.1, 0.15) is 41.0 Å². The minimum Gasteiger partial charge on any atom is -0.496 e. The average molecular weight is 1190 g/mol. The highest BCUT2D eigenvalue weighted by molar-refractivity contribution is 6.34. The van der Waals surface area contributed by atoms with E-state index in [9.17, 15) is 53.1 Å². The average Bonchev–Trinajstić information content (AvgIpc) is 2.14. The lowest BCUT2D eigenvalue weighted by Crippen LogP contribution is -2.53. The number of nitrogens with two attached hydrogens (primary N) is 1. The van der Waals surface area contributed by atoms with Crippen molar-refractivity contribution in [2.45, 2.75) is 173 Å². The fourth-order valence-corrected chi connectivity index (χ4v) is 11.2. The van der Waals surface area contributed by atoms with Crippen molar-refractivity contribution >= 4 is 82.2 Å². The number of hydrogen-bond acceptors (Lipinski definition) is 17. The fraction of sp³-hybridized carbons (Fsp3) is 0.567. The lowest BCUT2D eigenvalue weighted by Gasteiger charge is -2.41. The van der Waals surface area contributed by atoms with Gasteiger partial charge in [0.15, 0.2) is 5.78 Å². The highest BCUT2D eigenvalue weighted by atomic mass is 35.5. The van der Waals surface area contributed by atoms with Gasteiger partial charge in [-0.05, 0) is 82.1 Å². The minimum absolute atomic E-state index is 0.00336. The summed E-state index contributed by atoms with van der Waals surface area (Å²) < 4.78 is 29.7. The number of halogens is 1. The number of carbonyl (C=O) groups excluding carboxylic acids is 10. The third-order valence-corrected chi connectivity index (χ3v) is 16.4. The first-order valence-corrected chi connectivity index (χ1v) is 28.7. The molecule has 7 amide bonds. The number of nitrogens with zero attached hydrogens (tertiary/aromatic N) is 2. The van der Waals surface area contributed by atoms with Crippen molar-refractivity contribution in [1.82, 2.24) is 15.7 Å². The Morgan fingerprint density at radius 3 is 2.33 bits per heavy atom. The molecule has 0 spiro atoms. The van der Waals surface area contributed by atoms with Gasteiger partial charge < -0.3 is 54.9 Å². The number of allylic oxidation sites excluding steroid dienone is 3. The monoisotopic (exact) mass is 1190 g/mol. The number of Topliss-reactive ketones (excluding diaryl/α,β-unsaturated/α-hetero) is 2. The second-order valence-corrected chi connectivity index (χ2v) is 23.1. The Hall–Kier alpha value is -7.21. The van der Waals surface area contributed by atoms with E-state index < -0.39 is 107 Å². The topological polar surface area (TPSA) is 318 Å². The number of hydroxylamine groups is 2. The number of aryl methyl sites for hydroxylation is 1. The number of epoxide rings is 1. The summed E-state index contributed by atoms with van der Waals surface area (Å²) in [6, 6.07) is 6.41. The van der Waals surface area contributed by atoms with Crippen LogP contribution in [0, 0.1) is 24.7 Å². The minimum atomic E-state index is -1.64. The van der Waals surface area contributed by atoms with Gasteiger partial charge in [0.05, 0.1) is 42.8 Å². The summed E-state index contributed by atoms with van der Waals surface area (Å²) in [5.41, 5.74) is 5.85. The van der Waals surface area contributed by atoms with Crippen molar-refractivity contribution in [3.8, 4) is 5.75 Å². The number of amides is 7. The number of anilines is 2. The number of ketones is 2. The number of methoxy groups -OCH3 is 2. The molecule has 4 aliphatic heterocycles. The standard InChI is InChI=1S/C60H79ClN6O17/c1-33(2)41(29-40(68)15-10-11-18-52(73)84-67-49(70)21-22-50(67)71)56(75)65-42(16-13-23-63-57(62)76)44(69)27-38-19-20-39(28-45(38)79-8)64-58(77)82-48-30-51(72)66(7)43-26-37(25-35(4)54(43)61)24-34(3)14-12-17-47(80-9)60(78)31-46(81-53(74)32-60)36(5)55-59(48,6)83-55/h12,14,17,19-20,25-26,28,33,36,41-42,46-48,55,78H,10-11,13,15-16,18,21-24,27,29-32H2,1-9H3,(H,64,77)(H,65,75)(H3,62,63,76)/b17-12+,34-14+/t36-,41+,42+,46+,47-,48+,55+,59+,60-/m1/s1. The van der Waals surface area contributed by atoms with Crippen molar-refractivity contribution in [3.63, 3.8) is 0 Å². The van der Waals surface area contributed by atoms with Crippen LogP contribution in [0.1, 0.15) is 128 Å². The zero-order chi connectivity index (χ0) is 61.8. The van der Waals surface area contributed by atoms with Gasteiger partial charge >= 0.3 is 24.1 Å². The van der Waals surface area contributed by atoms with E-state index >= 15 is 0 Å². The number of fused-ring (bicyclic) bond motifs is 5. The van der Waals surface area contributed by atoms with E-state index in [2.05, 4.69) is 16.0 Å². The zero-order valence-corrected chi connectivity index (χ0v) is 49.9. The van der Waals surface area contributed by atoms with Gasteiger partial charge in [-0.3, -0.25) is 38.9 Å². The van der Waals surface area contributed by atoms with Gasteiger partial charge in [-0.15, -0.1) is 5.06 Å².